The molecule has 5 rings (SSSR count). The molecule has 37 heavy (non-hydrogen) atoms. The van der Waals surface area contributed by atoms with Crippen LogP contribution in [0.1, 0.15) is 51.0 Å². The Balaban J connectivity index is 1.23. The van der Waals surface area contributed by atoms with E-state index in [1.165, 1.54) is 6.08 Å². The van der Waals surface area contributed by atoms with Gasteiger partial charge in [0.05, 0.1) is 18.2 Å². The van der Waals surface area contributed by atoms with Crippen LogP contribution in [0.3, 0.4) is 0 Å². The van der Waals surface area contributed by atoms with Gasteiger partial charge < -0.3 is 20.5 Å². The number of hydrogen-bond donors (Lipinski definition) is 3. The van der Waals surface area contributed by atoms with Gasteiger partial charge in [0.25, 0.3) is 0 Å². The van der Waals surface area contributed by atoms with Crippen molar-refractivity contribution in [1.29, 1.82) is 0 Å². The lowest BCUT2D eigenvalue weighted by Crippen LogP contribution is -2.50. The highest BCUT2D eigenvalue weighted by molar-refractivity contribution is 6.41. The van der Waals surface area contributed by atoms with Gasteiger partial charge in [0, 0.05) is 47.8 Å². The standard InChI is InChI=1S/C28H35ClN6O2/c1-3-24(36)35-13-7-8-18(16-35)26(37)32-19-9-6-10-20(14-19)33-27-31-17-28(2,29)25(34-27)22-15-30-23-12-5-4-11-21(22)23/h3-5,11-12,15,18-20,30H,1,6-10,13-14,16-17H2,2H3,(H,31,33)(H,32,37)/t18-,19+,20-,28?/m1/s1. The van der Waals surface area contributed by atoms with E-state index in [1.807, 2.05) is 31.3 Å². The average Bonchev–Trinajstić information content (AvgIpc) is 3.33. The predicted molar refractivity (Wildman–Crippen MR) is 148 cm³/mol. The molecule has 1 aromatic heterocycles. The molecule has 0 radical (unpaired) electrons. The van der Waals surface area contributed by atoms with E-state index in [9.17, 15) is 9.59 Å². The number of amides is 2. The molecule has 2 aliphatic heterocycles. The van der Waals surface area contributed by atoms with Crippen LogP contribution < -0.4 is 10.6 Å². The van der Waals surface area contributed by atoms with Crippen LogP contribution in [0, 0.1) is 5.92 Å². The molecule has 1 aromatic carbocycles. The molecule has 8 nitrogen and oxygen atoms in total. The number of para-hydroxylation sites is 1. The maximum Gasteiger partial charge on any atom is 0.245 e. The van der Waals surface area contributed by atoms with Gasteiger partial charge in [-0.1, -0.05) is 24.8 Å². The van der Waals surface area contributed by atoms with Gasteiger partial charge in [-0.2, -0.15) is 0 Å². The van der Waals surface area contributed by atoms with Gasteiger partial charge in [-0.15, -0.1) is 11.6 Å². The SMILES string of the molecule is C=CC(=O)N1CCC[C@@H](C(=O)N[C@H]2CCC[C@@H](NC3=NCC(C)(Cl)C(c4c[nH]c5ccccc45)=N3)C2)C1. The summed E-state index contributed by atoms with van der Waals surface area (Å²) in [7, 11) is 0. The van der Waals surface area contributed by atoms with Crippen LogP contribution in [0.25, 0.3) is 10.9 Å². The molecule has 3 N–H and O–H groups in total. The van der Waals surface area contributed by atoms with Crippen molar-refractivity contribution in [1.82, 2.24) is 20.5 Å². The third-order valence-corrected chi connectivity index (χ3v) is 8.01. The van der Waals surface area contributed by atoms with Gasteiger partial charge in [0.1, 0.15) is 4.87 Å². The number of aliphatic imine (C=N–C) groups is 2. The number of alkyl halides is 1. The van der Waals surface area contributed by atoms with Crippen LogP contribution in [-0.4, -0.2) is 70.0 Å². The van der Waals surface area contributed by atoms with Crippen molar-refractivity contribution in [3.05, 3.63) is 48.7 Å². The van der Waals surface area contributed by atoms with Crippen molar-refractivity contribution in [2.75, 3.05) is 19.6 Å². The summed E-state index contributed by atoms with van der Waals surface area (Å²) in [6, 6.07) is 8.38. The highest BCUT2D eigenvalue weighted by Crippen LogP contribution is 2.30. The summed E-state index contributed by atoms with van der Waals surface area (Å²) in [5, 5.41) is 7.87. The Bertz CT molecular complexity index is 1250. The van der Waals surface area contributed by atoms with E-state index in [2.05, 4.69) is 33.3 Å². The number of carbonyl (C=O) groups excluding carboxylic acids is 2. The first kappa shape index (κ1) is 25.5. The Kier molecular flexibility index (Phi) is 7.38. The topological polar surface area (TPSA) is 102 Å². The van der Waals surface area contributed by atoms with Gasteiger partial charge in [0.2, 0.25) is 17.8 Å². The van der Waals surface area contributed by atoms with Gasteiger partial charge in [0.15, 0.2) is 0 Å². The van der Waals surface area contributed by atoms with Crippen LogP contribution in [0.15, 0.2) is 53.1 Å². The average molecular weight is 523 g/mol. The summed E-state index contributed by atoms with van der Waals surface area (Å²) in [6.45, 7) is 7.11. The highest BCUT2D eigenvalue weighted by Gasteiger charge is 2.35. The molecular formula is C28H35ClN6O2. The Morgan fingerprint density at radius 1 is 1.22 bits per heavy atom. The number of H-pyrrole nitrogens is 1. The van der Waals surface area contributed by atoms with Gasteiger partial charge in [-0.05, 0) is 57.6 Å². The summed E-state index contributed by atoms with van der Waals surface area (Å²) in [4.78, 5) is 38.9. The Morgan fingerprint density at radius 2 is 2.03 bits per heavy atom. The first-order valence-electron chi connectivity index (χ1n) is 13.2. The molecular weight excluding hydrogens is 488 g/mol. The first-order chi connectivity index (χ1) is 17.8. The van der Waals surface area contributed by atoms with Crippen LogP contribution >= 0.6 is 11.6 Å². The van der Waals surface area contributed by atoms with Crippen molar-refractivity contribution in [2.24, 2.45) is 15.9 Å². The van der Waals surface area contributed by atoms with Gasteiger partial charge in [-0.3, -0.25) is 9.59 Å². The summed E-state index contributed by atoms with van der Waals surface area (Å²) in [6.07, 6.45) is 8.69. The quantitative estimate of drug-likeness (QED) is 0.411. The zero-order chi connectivity index (χ0) is 26.0. The van der Waals surface area contributed by atoms with Crippen molar-refractivity contribution in [3.8, 4) is 0 Å². The molecule has 1 saturated carbocycles. The molecule has 1 aliphatic carbocycles. The maximum absolute atomic E-state index is 13.0. The second-order valence-electron chi connectivity index (χ2n) is 10.6. The number of aromatic amines is 1. The third-order valence-electron chi connectivity index (χ3n) is 7.71. The fourth-order valence-electron chi connectivity index (χ4n) is 5.72. The number of nitrogens with zero attached hydrogens (tertiary/aromatic N) is 3. The Morgan fingerprint density at radius 3 is 2.86 bits per heavy atom. The van der Waals surface area contributed by atoms with Gasteiger partial charge >= 0.3 is 0 Å². The molecule has 3 heterocycles. The molecule has 4 atom stereocenters. The van der Waals surface area contributed by atoms with Crippen LogP contribution in [0.2, 0.25) is 0 Å². The molecule has 0 spiro atoms. The minimum atomic E-state index is -0.694. The second-order valence-corrected chi connectivity index (χ2v) is 11.4. The molecule has 2 amide bonds. The monoisotopic (exact) mass is 522 g/mol. The Labute approximate surface area is 222 Å². The molecule has 0 bridgehead atoms. The number of piperidine rings is 1. The Hall–Kier alpha value is -3.13. The van der Waals surface area contributed by atoms with E-state index < -0.39 is 4.87 Å². The van der Waals surface area contributed by atoms with Crippen LogP contribution in [-0.2, 0) is 9.59 Å². The van der Waals surface area contributed by atoms with E-state index in [0.29, 0.717) is 25.6 Å². The lowest BCUT2D eigenvalue weighted by Gasteiger charge is -2.35. The maximum atomic E-state index is 13.0. The second kappa shape index (κ2) is 10.7. The van der Waals surface area contributed by atoms with E-state index in [4.69, 9.17) is 16.6 Å². The summed E-state index contributed by atoms with van der Waals surface area (Å²) in [5.41, 5.74) is 2.85. The third kappa shape index (κ3) is 5.59. The number of aromatic nitrogens is 1. The molecule has 2 fully saturated rings. The number of likely N-dealkylation sites (tertiary alicyclic amines) is 1. The molecule has 2 aromatic rings. The molecule has 3 aliphatic rings. The number of benzene rings is 1. The van der Waals surface area contributed by atoms with E-state index in [0.717, 1.165) is 60.7 Å². The van der Waals surface area contributed by atoms with Crippen molar-refractivity contribution >= 4 is 46.0 Å². The van der Waals surface area contributed by atoms with E-state index in [-0.39, 0.29) is 29.8 Å². The molecule has 196 valence electrons. The zero-order valence-electron chi connectivity index (χ0n) is 21.3. The van der Waals surface area contributed by atoms with Crippen molar-refractivity contribution in [2.45, 2.75) is 62.4 Å². The normalized spacial score (nSPS) is 28.3. The minimum Gasteiger partial charge on any atom is -0.360 e. The van der Waals surface area contributed by atoms with Gasteiger partial charge in [-0.25, -0.2) is 9.98 Å². The summed E-state index contributed by atoms with van der Waals surface area (Å²) >= 11 is 6.87. The number of fused-ring (bicyclic) bond motifs is 1. The van der Waals surface area contributed by atoms with E-state index >= 15 is 0 Å². The number of carbonyl (C=O) groups is 2. The number of hydrogen-bond acceptors (Lipinski definition) is 5. The largest absolute Gasteiger partial charge is 0.360 e. The highest BCUT2D eigenvalue weighted by atomic mass is 35.5. The number of rotatable bonds is 5. The number of halogens is 1. The summed E-state index contributed by atoms with van der Waals surface area (Å²) in [5.74, 6) is 0.368. The molecule has 1 unspecified atom stereocenters. The van der Waals surface area contributed by atoms with Crippen LogP contribution in [0.4, 0.5) is 0 Å². The minimum absolute atomic E-state index is 0.0415. The fourth-order valence-corrected chi connectivity index (χ4v) is 5.92. The van der Waals surface area contributed by atoms with E-state index in [1.54, 1.807) is 4.90 Å². The van der Waals surface area contributed by atoms with Crippen molar-refractivity contribution < 1.29 is 9.59 Å². The lowest BCUT2D eigenvalue weighted by atomic mass is 9.89. The lowest BCUT2D eigenvalue weighted by molar-refractivity contribution is -0.132. The van der Waals surface area contributed by atoms with Crippen molar-refractivity contribution in [3.63, 3.8) is 0 Å². The molecule has 1 saturated heterocycles. The van der Waals surface area contributed by atoms with Crippen LogP contribution in [0.5, 0.6) is 0 Å². The zero-order valence-corrected chi connectivity index (χ0v) is 22.1. The summed E-state index contributed by atoms with van der Waals surface area (Å²) < 4.78 is 0. The number of guanidine groups is 1. The predicted octanol–water partition coefficient (Wildman–Crippen LogP) is 3.77. The molecule has 9 heteroatoms. The fraction of sp³-hybridized carbons (Fsp3) is 0.500. The number of nitrogens with one attached hydrogen (secondary N) is 3. The first-order valence-corrected chi connectivity index (χ1v) is 13.6. The smallest absolute Gasteiger partial charge is 0.245 e.